The molecule has 3 nitrogen and oxygen atoms in total. The van der Waals surface area contributed by atoms with Crippen molar-refractivity contribution in [2.45, 2.75) is 26.2 Å². The molecule has 0 spiro atoms. The second-order valence-corrected chi connectivity index (χ2v) is 3.28. The Kier molecular flexibility index (Phi) is 4.13. The van der Waals surface area contributed by atoms with Crippen LogP contribution >= 0.6 is 0 Å². The van der Waals surface area contributed by atoms with Gasteiger partial charge in [0.25, 0.3) is 0 Å². The van der Waals surface area contributed by atoms with Gasteiger partial charge in [-0.05, 0) is 17.5 Å². The lowest BCUT2D eigenvalue weighted by Crippen LogP contribution is -2.20. The van der Waals surface area contributed by atoms with Gasteiger partial charge in [-0.15, -0.1) is 0 Å². The number of benzene rings is 1. The quantitative estimate of drug-likeness (QED) is 0.564. The van der Waals surface area contributed by atoms with Gasteiger partial charge < -0.3 is 0 Å². The summed E-state index contributed by atoms with van der Waals surface area (Å²) in [5, 5.41) is 8.34. The monoisotopic (exact) mass is 193 g/mol. The molecule has 76 valence electrons. The van der Waals surface area contributed by atoms with Crippen molar-refractivity contribution in [3.63, 3.8) is 0 Å². The van der Waals surface area contributed by atoms with E-state index in [-0.39, 0.29) is 12.3 Å². The molecule has 1 aromatic rings. The molecule has 0 saturated carbocycles. The van der Waals surface area contributed by atoms with E-state index in [4.69, 9.17) is 5.21 Å². The van der Waals surface area contributed by atoms with Crippen molar-refractivity contribution in [1.29, 1.82) is 0 Å². The number of aryl methyl sites for hydroxylation is 1. The fraction of sp³-hybridized carbons (Fsp3) is 0.364. The van der Waals surface area contributed by atoms with Crippen LogP contribution in [0.2, 0.25) is 0 Å². The van der Waals surface area contributed by atoms with E-state index in [0.29, 0.717) is 0 Å². The maximum Gasteiger partial charge on any atom is 0.247 e. The van der Waals surface area contributed by atoms with E-state index in [9.17, 15) is 4.79 Å². The maximum absolute atomic E-state index is 10.8. The van der Waals surface area contributed by atoms with Crippen LogP contribution in [-0.2, 0) is 17.6 Å². The van der Waals surface area contributed by atoms with Gasteiger partial charge in [0.05, 0.1) is 6.42 Å². The third kappa shape index (κ3) is 3.18. The first-order valence-corrected chi connectivity index (χ1v) is 4.77. The molecule has 2 N–H and O–H groups in total. The molecule has 1 rings (SSSR count). The molecule has 0 aliphatic rings. The van der Waals surface area contributed by atoms with Crippen LogP contribution in [0.5, 0.6) is 0 Å². The standard InChI is InChI=1S/C11H15NO2/c1-2-3-9-4-6-10(7-5-9)8-11(13)12-14/h4-7,14H,2-3,8H2,1H3,(H,12,13). The van der Waals surface area contributed by atoms with Gasteiger partial charge in [-0.3, -0.25) is 10.0 Å². The van der Waals surface area contributed by atoms with Crippen LogP contribution < -0.4 is 5.48 Å². The number of hydrogen-bond donors (Lipinski definition) is 2. The lowest BCUT2D eigenvalue weighted by atomic mass is 10.1. The number of amides is 1. The van der Waals surface area contributed by atoms with Crippen molar-refractivity contribution in [2.24, 2.45) is 0 Å². The smallest absolute Gasteiger partial charge is 0.247 e. The topological polar surface area (TPSA) is 49.3 Å². The second-order valence-electron chi connectivity index (χ2n) is 3.28. The highest BCUT2D eigenvalue weighted by atomic mass is 16.5. The molecule has 0 aliphatic carbocycles. The molecule has 3 heteroatoms. The number of hydroxylamine groups is 1. The largest absolute Gasteiger partial charge is 0.289 e. The molecule has 0 atom stereocenters. The van der Waals surface area contributed by atoms with Crippen LogP contribution in [0.3, 0.4) is 0 Å². The predicted molar refractivity (Wildman–Crippen MR) is 54.1 cm³/mol. The molecule has 0 fully saturated rings. The Morgan fingerprint density at radius 3 is 2.36 bits per heavy atom. The zero-order chi connectivity index (χ0) is 10.4. The third-order valence-electron chi connectivity index (χ3n) is 2.05. The van der Waals surface area contributed by atoms with Crippen molar-refractivity contribution >= 4 is 5.91 Å². The lowest BCUT2D eigenvalue weighted by Gasteiger charge is -2.01. The van der Waals surface area contributed by atoms with Gasteiger partial charge in [-0.1, -0.05) is 37.6 Å². The van der Waals surface area contributed by atoms with Crippen LogP contribution in [0.1, 0.15) is 24.5 Å². The van der Waals surface area contributed by atoms with Crippen LogP contribution in [0, 0.1) is 0 Å². The van der Waals surface area contributed by atoms with E-state index in [2.05, 4.69) is 6.92 Å². The molecule has 1 amide bonds. The average Bonchev–Trinajstić information content (AvgIpc) is 2.21. The summed E-state index contributed by atoms with van der Waals surface area (Å²) in [4.78, 5) is 10.8. The highest BCUT2D eigenvalue weighted by Crippen LogP contribution is 2.07. The average molecular weight is 193 g/mol. The summed E-state index contributed by atoms with van der Waals surface area (Å²) in [5.41, 5.74) is 3.81. The Morgan fingerprint density at radius 1 is 1.29 bits per heavy atom. The van der Waals surface area contributed by atoms with E-state index < -0.39 is 0 Å². The minimum atomic E-state index is -0.381. The number of carbonyl (C=O) groups is 1. The fourth-order valence-corrected chi connectivity index (χ4v) is 1.34. The fourth-order valence-electron chi connectivity index (χ4n) is 1.34. The molecular weight excluding hydrogens is 178 g/mol. The Hall–Kier alpha value is -1.35. The van der Waals surface area contributed by atoms with Gasteiger partial charge in [0, 0.05) is 0 Å². The van der Waals surface area contributed by atoms with E-state index in [1.165, 1.54) is 5.56 Å². The Morgan fingerprint density at radius 2 is 1.86 bits per heavy atom. The minimum absolute atomic E-state index is 0.225. The van der Waals surface area contributed by atoms with Crippen molar-refractivity contribution in [2.75, 3.05) is 0 Å². The van der Waals surface area contributed by atoms with E-state index >= 15 is 0 Å². The summed E-state index contributed by atoms with van der Waals surface area (Å²) in [6.07, 6.45) is 2.41. The molecule has 0 heterocycles. The summed E-state index contributed by atoms with van der Waals surface area (Å²) < 4.78 is 0. The van der Waals surface area contributed by atoms with E-state index in [0.717, 1.165) is 18.4 Å². The number of nitrogens with one attached hydrogen (secondary N) is 1. The highest BCUT2D eigenvalue weighted by Gasteiger charge is 2.00. The molecule has 0 aliphatic heterocycles. The first-order valence-electron chi connectivity index (χ1n) is 4.77. The first-order chi connectivity index (χ1) is 6.76. The van der Waals surface area contributed by atoms with Crippen LogP contribution in [0.25, 0.3) is 0 Å². The third-order valence-corrected chi connectivity index (χ3v) is 2.05. The number of carbonyl (C=O) groups excluding carboxylic acids is 1. The number of hydrogen-bond acceptors (Lipinski definition) is 2. The van der Waals surface area contributed by atoms with Gasteiger partial charge in [-0.25, -0.2) is 5.48 Å². The Labute approximate surface area is 83.7 Å². The van der Waals surface area contributed by atoms with Gasteiger partial charge >= 0.3 is 0 Å². The summed E-state index contributed by atoms with van der Waals surface area (Å²) in [6, 6.07) is 7.87. The molecule has 0 bridgehead atoms. The molecular formula is C11H15NO2. The zero-order valence-electron chi connectivity index (χ0n) is 8.29. The summed E-state index contributed by atoms with van der Waals surface area (Å²) >= 11 is 0. The molecule has 0 unspecified atom stereocenters. The van der Waals surface area contributed by atoms with Gasteiger partial charge in [-0.2, -0.15) is 0 Å². The lowest BCUT2D eigenvalue weighted by molar-refractivity contribution is -0.128. The first kappa shape index (κ1) is 10.7. The van der Waals surface area contributed by atoms with E-state index in [1.807, 2.05) is 24.3 Å². The van der Waals surface area contributed by atoms with Crippen molar-refractivity contribution in [3.8, 4) is 0 Å². The van der Waals surface area contributed by atoms with Gasteiger partial charge in [0.2, 0.25) is 5.91 Å². The minimum Gasteiger partial charge on any atom is -0.289 e. The van der Waals surface area contributed by atoms with Crippen LogP contribution in [0.15, 0.2) is 24.3 Å². The van der Waals surface area contributed by atoms with E-state index in [1.54, 1.807) is 5.48 Å². The second kappa shape index (κ2) is 5.40. The van der Waals surface area contributed by atoms with Crippen molar-refractivity contribution in [3.05, 3.63) is 35.4 Å². The predicted octanol–water partition coefficient (Wildman–Crippen LogP) is 1.69. The molecule has 0 radical (unpaired) electrons. The van der Waals surface area contributed by atoms with Crippen molar-refractivity contribution in [1.82, 2.24) is 5.48 Å². The maximum atomic E-state index is 10.8. The highest BCUT2D eigenvalue weighted by molar-refractivity contribution is 5.77. The van der Waals surface area contributed by atoms with Crippen LogP contribution in [0.4, 0.5) is 0 Å². The summed E-state index contributed by atoms with van der Waals surface area (Å²) in [6.45, 7) is 2.13. The SMILES string of the molecule is CCCc1ccc(CC(=O)NO)cc1. The molecule has 1 aromatic carbocycles. The Balaban J connectivity index is 2.59. The van der Waals surface area contributed by atoms with Crippen LogP contribution in [-0.4, -0.2) is 11.1 Å². The molecule has 14 heavy (non-hydrogen) atoms. The zero-order valence-corrected chi connectivity index (χ0v) is 8.29. The Bertz CT molecular complexity index is 293. The van der Waals surface area contributed by atoms with Gasteiger partial charge in [0.1, 0.15) is 0 Å². The number of rotatable bonds is 4. The summed E-state index contributed by atoms with van der Waals surface area (Å²) in [5.74, 6) is -0.381. The van der Waals surface area contributed by atoms with Gasteiger partial charge in [0.15, 0.2) is 0 Å². The normalized spacial score (nSPS) is 9.86. The molecule has 0 saturated heterocycles. The molecule has 0 aromatic heterocycles. The van der Waals surface area contributed by atoms with Crippen molar-refractivity contribution < 1.29 is 10.0 Å². The summed E-state index contributed by atoms with van der Waals surface area (Å²) in [7, 11) is 0.